The molecule has 1 fully saturated rings. The summed E-state index contributed by atoms with van der Waals surface area (Å²) in [5, 5.41) is 3.79. The molecule has 1 N–H and O–H groups in total. The number of methoxy groups -OCH3 is 1. The highest BCUT2D eigenvalue weighted by Gasteiger charge is 2.29. The minimum atomic E-state index is -0.176. The van der Waals surface area contributed by atoms with Gasteiger partial charge in [0, 0.05) is 31.0 Å². The number of hydrogen-bond acceptors (Lipinski definition) is 4. The zero-order valence-corrected chi connectivity index (χ0v) is 16.0. The van der Waals surface area contributed by atoms with Gasteiger partial charge < -0.3 is 15.0 Å². The predicted molar refractivity (Wildman–Crippen MR) is 105 cm³/mol. The van der Waals surface area contributed by atoms with Crippen LogP contribution in [0.5, 0.6) is 5.75 Å². The molecule has 4 nitrogen and oxygen atoms in total. The normalized spacial score (nSPS) is 20.6. The van der Waals surface area contributed by atoms with E-state index in [1.54, 1.807) is 6.07 Å². The van der Waals surface area contributed by atoms with E-state index >= 15 is 0 Å². The molecular formula is C22H28FN3O. The molecule has 1 aliphatic heterocycles. The van der Waals surface area contributed by atoms with E-state index in [-0.39, 0.29) is 11.9 Å². The number of likely N-dealkylation sites (tertiary alicyclic amines) is 1. The van der Waals surface area contributed by atoms with E-state index in [9.17, 15) is 4.39 Å². The molecule has 0 radical (unpaired) electrons. The summed E-state index contributed by atoms with van der Waals surface area (Å²) in [5.41, 5.74) is 3.31. The van der Waals surface area contributed by atoms with E-state index in [2.05, 4.69) is 27.3 Å². The second kappa shape index (κ2) is 8.36. The quantitative estimate of drug-likeness (QED) is 0.846. The van der Waals surface area contributed by atoms with Crippen molar-refractivity contribution >= 4 is 0 Å². The summed E-state index contributed by atoms with van der Waals surface area (Å²) in [6, 6.07) is 8.78. The van der Waals surface area contributed by atoms with Crippen molar-refractivity contribution in [1.29, 1.82) is 0 Å². The Kier molecular flexibility index (Phi) is 5.69. The van der Waals surface area contributed by atoms with Crippen molar-refractivity contribution in [3.63, 3.8) is 0 Å². The summed E-state index contributed by atoms with van der Waals surface area (Å²) in [6.07, 6.45) is 8.88. The van der Waals surface area contributed by atoms with Crippen LogP contribution in [0.3, 0.4) is 0 Å². The molecule has 1 unspecified atom stereocenters. The van der Waals surface area contributed by atoms with Gasteiger partial charge in [-0.15, -0.1) is 0 Å². The summed E-state index contributed by atoms with van der Waals surface area (Å²) < 4.78 is 19.6. The first-order valence-corrected chi connectivity index (χ1v) is 9.97. The summed E-state index contributed by atoms with van der Waals surface area (Å²) in [7, 11) is 1.53. The van der Waals surface area contributed by atoms with Gasteiger partial charge in [-0.3, -0.25) is 4.98 Å². The average Bonchev–Trinajstić information content (AvgIpc) is 3.12. The van der Waals surface area contributed by atoms with Gasteiger partial charge in [0.1, 0.15) is 0 Å². The number of nitrogens with zero attached hydrogens (tertiary/aromatic N) is 2. The molecular weight excluding hydrogens is 341 g/mol. The summed E-state index contributed by atoms with van der Waals surface area (Å²) in [6.45, 7) is 3.35. The Morgan fingerprint density at radius 3 is 2.67 bits per heavy atom. The Hall–Kier alpha value is -1.98. The van der Waals surface area contributed by atoms with Crippen molar-refractivity contribution in [3.05, 3.63) is 59.2 Å². The number of halogens is 1. The summed E-state index contributed by atoms with van der Waals surface area (Å²) in [4.78, 5) is 6.62. The van der Waals surface area contributed by atoms with Gasteiger partial charge in [-0.2, -0.15) is 0 Å². The monoisotopic (exact) mass is 369 g/mol. The summed E-state index contributed by atoms with van der Waals surface area (Å²) >= 11 is 0. The molecule has 1 aliphatic carbocycles. The lowest BCUT2D eigenvalue weighted by Crippen LogP contribution is -2.43. The van der Waals surface area contributed by atoms with Crippen molar-refractivity contribution in [2.24, 2.45) is 0 Å². The molecule has 1 aromatic carbocycles. The largest absolute Gasteiger partial charge is 0.494 e. The first kappa shape index (κ1) is 18.4. The Morgan fingerprint density at radius 1 is 1.15 bits per heavy atom. The van der Waals surface area contributed by atoms with Crippen LogP contribution in [0.25, 0.3) is 0 Å². The zero-order valence-electron chi connectivity index (χ0n) is 16.0. The smallest absolute Gasteiger partial charge is 0.168 e. The van der Waals surface area contributed by atoms with Crippen LogP contribution >= 0.6 is 0 Å². The van der Waals surface area contributed by atoms with Crippen LogP contribution in [-0.2, 0) is 12.8 Å². The predicted octanol–water partition coefficient (Wildman–Crippen LogP) is 3.51. The van der Waals surface area contributed by atoms with Crippen molar-refractivity contribution in [1.82, 2.24) is 15.2 Å². The number of ether oxygens (including phenoxy) is 1. The van der Waals surface area contributed by atoms with E-state index < -0.39 is 0 Å². The van der Waals surface area contributed by atoms with Crippen LogP contribution in [0.15, 0.2) is 36.7 Å². The van der Waals surface area contributed by atoms with E-state index in [0.717, 1.165) is 62.9 Å². The van der Waals surface area contributed by atoms with Crippen LogP contribution in [0.2, 0.25) is 0 Å². The number of benzene rings is 1. The van der Waals surface area contributed by atoms with Gasteiger partial charge in [-0.1, -0.05) is 6.07 Å². The third kappa shape index (κ3) is 4.14. The molecule has 1 aromatic heterocycles. The molecule has 1 saturated heterocycles. The lowest BCUT2D eigenvalue weighted by atomic mass is 10.0. The molecule has 0 amide bonds. The molecule has 27 heavy (non-hydrogen) atoms. The molecule has 2 aliphatic rings. The van der Waals surface area contributed by atoms with Crippen molar-refractivity contribution in [3.8, 4) is 5.75 Å². The molecule has 0 saturated carbocycles. The third-order valence-corrected chi connectivity index (χ3v) is 6.01. The highest BCUT2D eigenvalue weighted by Crippen LogP contribution is 2.37. The van der Waals surface area contributed by atoms with Gasteiger partial charge in [0.25, 0.3) is 0 Å². The highest BCUT2D eigenvalue weighted by molar-refractivity contribution is 5.42. The Balaban J connectivity index is 1.28. The van der Waals surface area contributed by atoms with Crippen molar-refractivity contribution in [2.45, 2.75) is 44.2 Å². The maximum absolute atomic E-state index is 14.4. The van der Waals surface area contributed by atoms with Gasteiger partial charge in [-0.05, 0) is 80.1 Å². The molecule has 0 bridgehead atoms. The van der Waals surface area contributed by atoms with Gasteiger partial charge in [0.15, 0.2) is 11.6 Å². The molecule has 2 heterocycles. The van der Waals surface area contributed by atoms with Crippen molar-refractivity contribution < 1.29 is 9.13 Å². The number of pyridine rings is 1. The minimum Gasteiger partial charge on any atom is -0.494 e. The SMILES string of the molecule is COc1ccc2c(c1F)CCC2NC1CCN(CCc2ccncc2)CC1. The maximum Gasteiger partial charge on any atom is 0.168 e. The van der Waals surface area contributed by atoms with Crippen LogP contribution < -0.4 is 10.1 Å². The van der Waals surface area contributed by atoms with E-state index in [1.165, 1.54) is 12.7 Å². The van der Waals surface area contributed by atoms with Gasteiger partial charge in [0.05, 0.1) is 7.11 Å². The van der Waals surface area contributed by atoms with Crippen LogP contribution in [0.1, 0.15) is 42.0 Å². The number of piperidine rings is 1. The van der Waals surface area contributed by atoms with Crippen molar-refractivity contribution in [2.75, 3.05) is 26.7 Å². The third-order valence-electron chi connectivity index (χ3n) is 6.01. The number of rotatable bonds is 6. The average molecular weight is 369 g/mol. The topological polar surface area (TPSA) is 37.4 Å². The van der Waals surface area contributed by atoms with E-state index in [0.29, 0.717) is 11.8 Å². The highest BCUT2D eigenvalue weighted by atomic mass is 19.1. The second-order valence-electron chi connectivity index (χ2n) is 7.63. The van der Waals surface area contributed by atoms with Gasteiger partial charge in [0.2, 0.25) is 0 Å². The number of aromatic nitrogens is 1. The molecule has 144 valence electrons. The molecule has 5 heteroatoms. The Morgan fingerprint density at radius 2 is 1.93 bits per heavy atom. The lowest BCUT2D eigenvalue weighted by molar-refractivity contribution is 0.192. The molecule has 2 aromatic rings. The van der Waals surface area contributed by atoms with E-state index in [1.807, 2.05) is 18.5 Å². The van der Waals surface area contributed by atoms with E-state index in [4.69, 9.17) is 4.74 Å². The fourth-order valence-electron chi connectivity index (χ4n) is 4.41. The fraction of sp³-hybridized carbons (Fsp3) is 0.500. The van der Waals surface area contributed by atoms with Crippen LogP contribution in [0.4, 0.5) is 4.39 Å². The zero-order chi connectivity index (χ0) is 18.6. The van der Waals surface area contributed by atoms with Crippen LogP contribution in [0, 0.1) is 5.82 Å². The molecule has 0 spiro atoms. The fourth-order valence-corrected chi connectivity index (χ4v) is 4.41. The molecule has 4 rings (SSSR count). The lowest BCUT2D eigenvalue weighted by Gasteiger charge is -2.34. The molecule has 1 atom stereocenters. The number of fused-ring (bicyclic) bond motifs is 1. The first-order valence-electron chi connectivity index (χ1n) is 9.97. The number of nitrogens with one attached hydrogen (secondary N) is 1. The first-order chi connectivity index (χ1) is 13.2. The maximum atomic E-state index is 14.4. The Labute approximate surface area is 160 Å². The van der Waals surface area contributed by atoms with Gasteiger partial charge >= 0.3 is 0 Å². The second-order valence-corrected chi connectivity index (χ2v) is 7.63. The minimum absolute atomic E-state index is 0.176. The van der Waals surface area contributed by atoms with Crippen LogP contribution in [-0.4, -0.2) is 42.7 Å². The number of hydrogen-bond donors (Lipinski definition) is 1. The van der Waals surface area contributed by atoms with Gasteiger partial charge in [-0.25, -0.2) is 4.39 Å². The Bertz CT molecular complexity index is 760. The summed E-state index contributed by atoms with van der Waals surface area (Å²) in [5.74, 6) is 0.183. The standard InChI is InChI=1S/C22H28FN3O/c1-27-21-5-3-18-19(22(21)23)2-4-20(18)25-17-9-14-26(15-10-17)13-8-16-6-11-24-12-7-16/h3,5-7,11-12,17,20,25H,2,4,8-10,13-15H2,1H3.